The first-order valence-electron chi connectivity index (χ1n) is 2.15. The van der Waals surface area contributed by atoms with Crippen LogP contribution in [0.1, 0.15) is 0 Å². The number of esters is 1. The molecule has 9 heavy (non-hydrogen) atoms. The van der Waals surface area contributed by atoms with Gasteiger partial charge < -0.3 is 15.6 Å². The number of carboxylic acids is 1. The molecule has 0 saturated heterocycles. The second kappa shape index (κ2) is 3.03. The van der Waals surface area contributed by atoms with Crippen molar-refractivity contribution in [2.45, 2.75) is 6.04 Å². The molecule has 0 amide bonds. The Morgan fingerprint density at radius 2 is 2.11 bits per heavy atom. The number of carbonyl (C=O) groups is 2. The Hall–Kier alpha value is -1.10. The highest BCUT2D eigenvalue weighted by Gasteiger charge is 2.20. The third-order valence-electron chi connectivity index (χ3n) is 0.721. The number of aliphatic carboxylic acids is 1. The van der Waals surface area contributed by atoms with Crippen LogP contribution in [0.3, 0.4) is 0 Å². The van der Waals surface area contributed by atoms with E-state index in [0.717, 1.165) is 7.11 Å². The lowest BCUT2D eigenvalue weighted by molar-refractivity contribution is -0.151. The van der Waals surface area contributed by atoms with Gasteiger partial charge in [0.1, 0.15) is 0 Å². The van der Waals surface area contributed by atoms with Gasteiger partial charge in [0.25, 0.3) is 0 Å². The number of carbonyl (C=O) groups excluding carboxylic acids is 1. The van der Waals surface area contributed by atoms with Crippen molar-refractivity contribution in [3.05, 3.63) is 0 Å². The van der Waals surface area contributed by atoms with Gasteiger partial charge in [0.15, 0.2) is 0 Å². The molecule has 0 aromatic carbocycles. The zero-order valence-electron chi connectivity index (χ0n) is 4.83. The summed E-state index contributed by atoms with van der Waals surface area (Å²) in [6, 6.07) is -1.56. The maximum atomic E-state index is 10.2. The van der Waals surface area contributed by atoms with Gasteiger partial charge >= 0.3 is 11.9 Å². The van der Waals surface area contributed by atoms with Crippen LogP contribution in [0.15, 0.2) is 0 Å². The normalized spacial score (nSPS) is 12.2. The molecule has 0 bridgehead atoms. The highest BCUT2D eigenvalue weighted by molar-refractivity contribution is 5.97. The zero-order valence-corrected chi connectivity index (χ0v) is 4.83. The Labute approximate surface area is 51.4 Å². The summed E-state index contributed by atoms with van der Waals surface area (Å²) < 4.78 is 4.03. The van der Waals surface area contributed by atoms with Gasteiger partial charge in [-0.1, -0.05) is 0 Å². The van der Waals surface area contributed by atoms with Crippen molar-refractivity contribution in [3.63, 3.8) is 0 Å². The van der Waals surface area contributed by atoms with Crippen LogP contribution in [0.2, 0.25) is 0 Å². The van der Waals surface area contributed by atoms with Crippen molar-refractivity contribution < 1.29 is 19.4 Å². The highest BCUT2D eigenvalue weighted by Crippen LogP contribution is 1.81. The molecule has 0 aliphatic carbocycles. The van der Waals surface area contributed by atoms with E-state index in [0.29, 0.717) is 0 Å². The van der Waals surface area contributed by atoms with Crippen LogP contribution in [-0.4, -0.2) is 30.2 Å². The summed E-state index contributed by atoms with van der Waals surface area (Å²) in [7, 11) is 1.07. The van der Waals surface area contributed by atoms with Gasteiger partial charge in [-0.2, -0.15) is 0 Å². The lowest BCUT2D eigenvalue weighted by Gasteiger charge is -2.00. The quantitative estimate of drug-likeness (QED) is 0.356. The maximum Gasteiger partial charge on any atom is 0.334 e. The number of ether oxygens (including phenoxy) is 1. The Bertz CT molecular complexity index is 133. The molecule has 0 aromatic heterocycles. The summed E-state index contributed by atoms with van der Waals surface area (Å²) in [4.78, 5) is 20.1. The van der Waals surface area contributed by atoms with Gasteiger partial charge in [-0.15, -0.1) is 0 Å². The third-order valence-corrected chi connectivity index (χ3v) is 0.721. The van der Waals surface area contributed by atoms with Gasteiger partial charge in [-0.3, -0.25) is 0 Å². The SMILES string of the molecule is COC(=O)C(N)C(=O)O. The van der Waals surface area contributed by atoms with Crippen molar-refractivity contribution in [3.8, 4) is 0 Å². The Morgan fingerprint density at radius 1 is 1.67 bits per heavy atom. The molecule has 0 aromatic rings. The lowest BCUT2D eigenvalue weighted by atomic mass is 10.3. The fraction of sp³-hybridized carbons (Fsp3) is 0.500. The minimum absolute atomic E-state index is 0.942. The predicted octanol–water partition coefficient (Wildman–Crippen LogP) is -1.43. The molecule has 0 spiro atoms. The van der Waals surface area contributed by atoms with E-state index in [1.165, 1.54) is 0 Å². The second-order valence-corrected chi connectivity index (χ2v) is 1.34. The molecule has 1 unspecified atom stereocenters. The van der Waals surface area contributed by atoms with Gasteiger partial charge in [-0.25, -0.2) is 9.59 Å². The Balaban J connectivity index is 3.88. The molecular formula is C4H7NO4. The van der Waals surface area contributed by atoms with E-state index in [4.69, 9.17) is 10.8 Å². The summed E-state index contributed by atoms with van der Waals surface area (Å²) in [6.45, 7) is 0. The maximum absolute atomic E-state index is 10.2. The number of rotatable bonds is 2. The van der Waals surface area contributed by atoms with Gasteiger partial charge in [0.05, 0.1) is 7.11 Å². The van der Waals surface area contributed by atoms with Gasteiger partial charge in [0.2, 0.25) is 6.04 Å². The van der Waals surface area contributed by atoms with Crippen molar-refractivity contribution in [1.82, 2.24) is 0 Å². The summed E-state index contributed by atoms with van der Waals surface area (Å²) >= 11 is 0. The minimum atomic E-state index is -1.56. The minimum Gasteiger partial charge on any atom is -0.480 e. The van der Waals surface area contributed by atoms with E-state index in [1.54, 1.807) is 0 Å². The van der Waals surface area contributed by atoms with E-state index < -0.39 is 18.0 Å². The molecule has 1 atom stereocenters. The summed E-state index contributed by atoms with van der Waals surface area (Å²) in [5.74, 6) is -2.33. The topological polar surface area (TPSA) is 89.6 Å². The molecule has 0 aliphatic rings. The average Bonchev–Trinajstić information content (AvgIpc) is 1.84. The molecule has 0 radical (unpaired) electrons. The molecule has 0 heterocycles. The van der Waals surface area contributed by atoms with E-state index >= 15 is 0 Å². The Morgan fingerprint density at radius 3 is 2.22 bits per heavy atom. The lowest BCUT2D eigenvalue weighted by Crippen LogP contribution is -2.39. The molecular weight excluding hydrogens is 126 g/mol. The van der Waals surface area contributed by atoms with E-state index in [2.05, 4.69) is 4.74 Å². The van der Waals surface area contributed by atoms with Gasteiger partial charge in [0, 0.05) is 0 Å². The van der Waals surface area contributed by atoms with Crippen molar-refractivity contribution in [2.75, 3.05) is 7.11 Å². The number of methoxy groups -OCH3 is 1. The number of nitrogens with two attached hydrogens (primary N) is 1. The molecule has 0 fully saturated rings. The zero-order chi connectivity index (χ0) is 7.44. The van der Waals surface area contributed by atoms with Crippen molar-refractivity contribution in [2.24, 2.45) is 5.73 Å². The highest BCUT2D eigenvalue weighted by atomic mass is 16.5. The van der Waals surface area contributed by atoms with Crippen LogP contribution in [0.4, 0.5) is 0 Å². The van der Waals surface area contributed by atoms with Crippen LogP contribution < -0.4 is 5.73 Å². The summed E-state index contributed by atoms with van der Waals surface area (Å²) in [5, 5.41) is 8.06. The van der Waals surface area contributed by atoms with Crippen molar-refractivity contribution in [1.29, 1.82) is 0 Å². The smallest absolute Gasteiger partial charge is 0.334 e. The molecule has 5 nitrogen and oxygen atoms in total. The first kappa shape index (κ1) is 7.90. The van der Waals surface area contributed by atoms with E-state index in [-0.39, 0.29) is 0 Å². The molecule has 0 aliphatic heterocycles. The third kappa shape index (κ3) is 2.09. The molecule has 0 rings (SSSR count). The first-order valence-corrected chi connectivity index (χ1v) is 2.15. The van der Waals surface area contributed by atoms with Crippen LogP contribution >= 0.6 is 0 Å². The number of hydrogen-bond donors (Lipinski definition) is 2. The van der Waals surface area contributed by atoms with E-state index in [1.807, 2.05) is 0 Å². The van der Waals surface area contributed by atoms with Crippen LogP contribution in [0, 0.1) is 0 Å². The molecule has 0 saturated carbocycles. The predicted molar refractivity (Wildman–Crippen MR) is 27.6 cm³/mol. The monoisotopic (exact) mass is 133 g/mol. The molecule has 3 N–H and O–H groups in total. The largest absolute Gasteiger partial charge is 0.480 e. The average molecular weight is 133 g/mol. The van der Waals surface area contributed by atoms with Crippen LogP contribution in [0.5, 0.6) is 0 Å². The number of carboxylic acid groups (broad SMARTS) is 1. The molecule has 52 valence electrons. The van der Waals surface area contributed by atoms with Crippen LogP contribution in [-0.2, 0) is 14.3 Å². The van der Waals surface area contributed by atoms with Crippen molar-refractivity contribution >= 4 is 11.9 Å². The Kier molecular flexibility index (Phi) is 2.66. The fourth-order valence-corrected chi connectivity index (χ4v) is 0.228. The summed E-state index contributed by atoms with van der Waals surface area (Å²) in [6.07, 6.45) is 0. The number of hydrogen-bond acceptors (Lipinski definition) is 4. The van der Waals surface area contributed by atoms with Gasteiger partial charge in [-0.05, 0) is 0 Å². The van der Waals surface area contributed by atoms with E-state index in [9.17, 15) is 9.59 Å². The summed E-state index contributed by atoms with van der Waals surface area (Å²) in [5.41, 5.74) is 4.80. The first-order chi connectivity index (χ1) is 4.09. The molecule has 5 heteroatoms. The fourth-order valence-electron chi connectivity index (χ4n) is 0.228. The standard InChI is InChI=1S/C4H7NO4/c1-9-4(8)2(5)3(6)7/h2H,5H2,1H3,(H,6,7). The van der Waals surface area contributed by atoms with Crippen LogP contribution in [0.25, 0.3) is 0 Å². The second-order valence-electron chi connectivity index (χ2n) is 1.34.